The number of rotatable bonds is 4. The Hall–Kier alpha value is -2.26. The van der Waals surface area contributed by atoms with Gasteiger partial charge < -0.3 is 8.84 Å². The summed E-state index contributed by atoms with van der Waals surface area (Å²) in [6.07, 6.45) is 0. The third kappa shape index (κ3) is 3.25. The summed E-state index contributed by atoms with van der Waals surface area (Å²) in [5, 5.41) is 1.11. The molecule has 1 aromatic heterocycles. The SMILES string of the molecule is C=C(O[Si](C)(C)C)c1oc2ccc(-c3ccccc3)cc2c1C. The highest BCUT2D eigenvalue weighted by Gasteiger charge is 2.21. The van der Waals surface area contributed by atoms with Gasteiger partial charge in [-0.2, -0.15) is 0 Å². The summed E-state index contributed by atoms with van der Waals surface area (Å²) < 4.78 is 12.0. The van der Waals surface area contributed by atoms with Crippen LogP contribution in [0, 0.1) is 6.92 Å². The second-order valence-electron chi connectivity index (χ2n) is 6.77. The van der Waals surface area contributed by atoms with Gasteiger partial charge in [-0.15, -0.1) is 0 Å². The van der Waals surface area contributed by atoms with Crippen LogP contribution in [-0.2, 0) is 4.43 Å². The van der Waals surface area contributed by atoms with Crippen LogP contribution >= 0.6 is 0 Å². The van der Waals surface area contributed by atoms with Crippen molar-refractivity contribution in [3.63, 3.8) is 0 Å². The van der Waals surface area contributed by atoms with E-state index in [4.69, 9.17) is 8.84 Å². The van der Waals surface area contributed by atoms with Gasteiger partial charge in [0.15, 0.2) is 5.76 Å². The molecule has 23 heavy (non-hydrogen) atoms. The molecular formula is C20H22O2Si. The van der Waals surface area contributed by atoms with Crippen molar-refractivity contribution in [1.82, 2.24) is 0 Å². The van der Waals surface area contributed by atoms with E-state index in [9.17, 15) is 0 Å². The van der Waals surface area contributed by atoms with Crippen molar-refractivity contribution in [3.8, 4) is 11.1 Å². The van der Waals surface area contributed by atoms with E-state index in [2.05, 4.69) is 69.5 Å². The fraction of sp³-hybridized carbons (Fsp3) is 0.200. The molecule has 3 heteroatoms. The van der Waals surface area contributed by atoms with Crippen molar-refractivity contribution in [1.29, 1.82) is 0 Å². The lowest BCUT2D eigenvalue weighted by Crippen LogP contribution is -2.24. The maximum atomic E-state index is 6.00. The molecule has 0 aliphatic heterocycles. The van der Waals surface area contributed by atoms with Gasteiger partial charge in [0, 0.05) is 10.9 Å². The van der Waals surface area contributed by atoms with Crippen molar-refractivity contribution in [2.75, 3.05) is 0 Å². The van der Waals surface area contributed by atoms with Gasteiger partial charge in [0.25, 0.3) is 0 Å². The van der Waals surface area contributed by atoms with E-state index in [1.807, 2.05) is 12.1 Å². The second kappa shape index (κ2) is 5.74. The third-order valence-electron chi connectivity index (χ3n) is 3.73. The van der Waals surface area contributed by atoms with E-state index in [0.717, 1.165) is 22.3 Å². The molecule has 0 aliphatic rings. The number of benzene rings is 2. The summed E-state index contributed by atoms with van der Waals surface area (Å²) in [6.45, 7) is 12.6. The second-order valence-corrected chi connectivity index (χ2v) is 11.2. The number of fused-ring (bicyclic) bond motifs is 1. The molecule has 0 unspecified atom stereocenters. The van der Waals surface area contributed by atoms with Gasteiger partial charge in [-0.3, -0.25) is 0 Å². The topological polar surface area (TPSA) is 22.4 Å². The molecule has 2 nitrogen and oxygen atoms in total. The molecular weight excluding hydrogens is 300 g/mol. The van der Waals surface area contributed by atoms with Crippen molar-refractivity contribution >= 4 is 25.0 Å². The molecule has 0 N–H and O–H groups in total. The molecule has 0 spiro atoms. The molecule has 1 heterocycles. The average molecular weight is 322 g/mol. The number of furan rings is 1. The van der Waals surface area contributed by atoms with Crippen LogP contribution in [0.3, 0.4) is 0 Å². The minimum absolute atomic E-state index is 0.638. The maximum Gasteiger partial charge on any atom is 0.242 e. The molecule has 3 rings (SSSR count). The van der Waals surface area contributed by atoms with Crippen LogP contribution in [0.2, 0.25) is 19.6 Å². The van der Waals surface area contributed by atoms with E-state index < -0.39 is 8.32 Å². The standard InChI is InChI=1S/C20H22O2Si/c1-14-18-13-17(16-9-7-6-8-10-16)11-12-19(18)21-20(14)15(2)22-23(3,4)5/h6-13H,2H2,1,3-5H3. The molecule has 0 fully saturated rings. The van der Waals surface area contributed by atoms with Crippen LogP contribution in [0.25, 0.3) is 27.9 Å². The predicted molar refractivity (Wildman–Crippen MR) is 99.9 cm³/mol. The lowest BCUT2D eigenvalue weighted by atomic mass is 10.0. The zero-order chi connectivity index (χ0) is 16.6. The van der Waals surface area contributed by atoms with E-state index in [0.29, 0.717) is 5.76 Å². The highest BCUT2D eigenvalue weighted by Crippen LogP contribution is 2.34. The first kappa shape index (κ1) is 15.6. The Morgan fingerprint density at radius 1 is 1.00 bits per heavy atom. The molecule has 2 aromatic carbocycles. The molecule has 0 radical (unpaired) electrons. The number of hydrogen-bond acceptors (Lipinski definition) is 2. The van der Waals surface area contributed by atoms with Crippen molar-refractivity contribution in [2.45, 2.75) is 26.6 Å². The van der Waals surface area contributed by atoms with Gasteiger partial charge in [0.05, 0.1) is 0 Å². The molecule has 0 saturated heterocycles. The summed E-state index contributed by atoms with van der Waals surface area (Å²) in [6, 6.07) is 16.7. The largest absolute Gasteiger partial charge is 0.542 e. The van der Waals surface area contributed by atoms with Crippen molar-refractivity contribution in [3.05, 3.63) is 66.4 Å². The molecule has 0 bridgehead atoms. The van der Waals surface area contributed by atoms with Gasteiger partial charge in [-0.1, -0.05) is 43.0 Å². The summed E-state index contributed by atoms with van der Waals surface area (Å²) in [5.74, 6) is 1.40. The minimum Gasteiger partial charge on any atom is -0.542 e. The summed E-state index contributed by atoms with van der Waals surface area (Å²) >= 11 is 0. The van der Waals surface area contributed by atoms with Crippen LogP contribution in [0.1, 0.15) is 11.3 Å². The normalized spacial score (nSPS) is 11.7. The van der Waals surface area contributed by atoms with Crippen LogP contribution in [0.5, 0.6) is 0 Å². The summed E-state index contributed by atoms with van der Waals surface area (Å²) in [4.78, 5) is 0. The number of aryl methyl sites for hydroxylation is 1. The van der Waals surface area contributed by atoms with Crippen LogP contribution in [-0.4, -0.2) is 8.32 Å². The van der Waals surface area contributed by atoms with Gasteiger partial charge in [0.2, 0.25) is 8.32 Å². The quantitative estimate of drug-likeness (QED) is 0.419. The molecule has 0 atom stereocenters. The van der Waals surface area contributed by atoms with Gasteiger partial charge in [-0.05, 0) is 49.8 Å². The third-order valence-corrected chi connectivity index (χ3v) is 4.58. The lowest BCUT2D eigenvalue weighted by molar-refractivity contribution is 0.476. The smallest absolute Gasteiger partial charge is 0.242 e. The van der Waals surface area contributed by atoms with E-state index in [1.54, 1.807) is 0 Å². The van der Waals surface area contributed by atoms with E-state index in [1.165, 1.54) is 11.1 Å². The highest BCUT2D eigenvalue weighted by molar-refractivity contribution is 6.70. The molecule has 118 valence electrons. The summed E-state index contributed by atoms with van der Waals surface area (Å²) in [7, 11) is -1.70. The zero-order valence-corrected chi connectivity index (χ0v) is 15.1. The van der Waals surface area contributed by atoms with Crippen molar-refractivity contribution in [2.24, 2.45) is 0 Å². The fourth-order valence-electron chi connectivity index (χ4n) is 2.71. The Morgan fingerprint density at radius 3 is 2.35 bits per heavy atom. The van der Waals surface area contributed by atoms with Gasteiger partial charge in [-0.25, -0.2) is 0 Å². The fourth-order valence-corrected chi connectivity index (χ4v) is 3.54. The predicted octanol–water partition coefficient (Wildman–Crippen LogP) is 6.23. The molecule has 0 saturated carbocycles. The Morgan fingerprint density at radius 2 is 1.70 bits per heavy atom. The molecule has 0 aliphatic carbocycles. The van der Waals surface area contributed by atoms with E-state index in [-0.39, 0.29) is 0 Å². The van der Waals surface area contributed by atoms with E-state index >= 15 is 0 Å². The minimum atomic E-state index is -1.70. The van der Waals surface area contributed by atoms with Crippen LogP contribution in [0.4, 0.5) is 0 Å². The Labute approximate surface area is 138 Å². The monoisotopic (exact) mass is 322 g/mol. The van der Waals surface area contributed by atoms with Crippen LogP contribution < -0.4 is 0 Å². The van der Waals surface area contributed by atoms with Gasteiger partial charge >= 0.3 is 0 Å². The molecule has 3 aromatic rings. The lowest BCUT2D eigenvalue weighted by Gasteiger charge is -2.19. The first-order valence-electron chi connectivity index (χ1n) is 7.82. The van der Waals surface area contributed by atoms with Crippen LogP contribution in [0.15, 0.2) is 59.5 Å². The Bertz CT molecular complexity index is 854. The molecule has 0 amide bonds. The van der Waals surface area contributed by atoms with Gasteiger partial charge in [0.1, 0.15) is 11.3 Å². The Balaban J connectivity index is 2.04. The number of hydrogen-bond donors (Lipinski definition) is 0. The maximum absolute atomic E-state index is 6.00. The average Bonchev–Trinajstić information content (AvgIpc) is 2.83. The zero-order valence-electron chi connectivity index (χ0n) is 14.1. The van der Waals surface area contributed by atoms with Crippen molar-refractivity contribution < 1.29 is 8.84 Å². The first-order valence-corrected chi connectivity index (χ1v) is 11.2. The summed E-state index contributed by atoms with van der Waals surface area (Å²) in [5.41, 5.74) is 4.34. The highest BCUT2D eigenvalue weighted by atomic mass is 28.4. The first-order chi connectivity index (χ1) is 10.8. The Kier molecular flexibility index (Phi) is 3.90.